The number of aromatic nitrogens is 3. The molecule has 1 heterocycles. The van der Waals surface area contributed by atoms with Gasteiger partial charge >= 0.3 is 0 Å². The Hall–Kier alpha value is -1.94. The van der Waals surface area contributed by atoms with Crippen LogP contribution >= 0.6 is 0 Å². The smallest absolute Gasteiger partial charge is 0.161 e. The molecule has 24 heavy (non-hydrogen) atoms. The molecular formula is C20H25N3O. The molecule has 1 atom stereocenters. The number of aliphatic hydroxyl groups is 1. The molecule has 4 nitrogen and oxygen atoms in total. The third-order valence-electron chi connectivity index (χ3n) is 5.34. The average Bonchev–Trinajstić information content (AvgIpc) is 3.08. The first-order chi connectivity index (χ1) is 11.8. The van der Waals surface area contributed by atoms with E-state index < -0.39 is 0 Å². The fourth-order valence-electron chi connectivity index (χ4n) is 3.75. The van der Waals surface area contributed by atoms with Crippen molar-refractivity contribution in [3.05, 3.63) is 59.7 Å². The van der Waals surface area contributed by atoms with Gasteiger partial charge in [0.25, 0.3) is 0 Å². The molecule has 0 amide bonds. The van der Waals surface area contributed by atoms with Crippen LogP contribution in [0.15, 0.2) is 42.5 Å². The van der Waals surface area contributed by atoms with Crippen LogP contribution in [0.4, 0.5) is 0 Å². The van der Waals surface area contributed by atoms with Gasteiger partial charge in [0.15, 0.2) is 5.82 Å². The van der Waals surface area contributed by atoms with E-state index in [1.165, 1.54) is 18.4 Å². The van der Waals surface area contributed by atoms with E-state index in [0.29, 0.717) is 5.92 Å². The number of nitrogens with zero attached hydrogens (tertiary/aromatic N) is 3. The number of allylic oxidation sites excluding steroid dienone is 2. The van der Waals surface area contributed by atoms with Gasteiger partial charge in [-0.15, -0.1) is 0 Å². The van der Waals surface area contributed by atoms with Gasteiger partial charge in [0.2, 0.25) is 0 Å². The van der Waals surface area contributed by atoms with Crippen LogP contribution in [0.1, 0.15) is 49.3 Å². The molecule has 126 valence electrons. The van der Waals surface area contributed by atoms with Crippen molar-refractivity contribution in [2.45, 2.75) is 50.5 Å². The predicted molar refractivity (Wildman–Crippen MR) is 93.7 cm³/mol. The molecule has 0 radical (unpaired) electrons. The van der Waals surface area contributed by atoms with E-state index in [1.54, 1.807) is 0 Å². The van der Waals surface area contributed by atoms with Gasteiger partial charge in [0.05, 0.1) is 5.41 Å². The summed E-state index contributed by atoms with van der Waals surface area (Å²) in [5.74, 6) is 2.64. The van der Waals surface area contributed by atoms with Crippen LogP contribution in [0.3, 0.4) is 0 Å². The molecule has 1 aromatic carbocycles. The molecule has 1 fully saturated rings. The molecule has 0 bridgehead atoms. The molecule has 0 spiro atoms. The van der Waals surface area contributed by atoms with E-state index in [1.807, 2.05) is 4.68 Å². The van der Waals surface area contributed by atoms with Crippen molar-refractivity contribution in [1.29, 1.82) is 0 Å². The van der Waals surface area contributed by atoms with Crippen molar-refractivity contribution in [2.75, 3.05) is 6.61 Å². The topological polar surface area (TPSA) is 50.9 Å². The molecule has 4 heteroatoms. The molecule has 2 aliphatic carbocycles. The maximum Gasteiger partial charge on any atom is 0.161 e. The van der Waals surface area contributed by atoms with Crippen LogP contribution in [0.25, 0.3) is 0 Å². The largest absolute Gasteiger partial charge is 0.396 e. The van der Waals surface area contributed by atoms with E-state index >= 15 is 0 Å². The minimum absolute atomic E-state index is 0.0198. The van der Waals surface area contributed by atoms with Crippen molar-refractivity contribution < 1.29 is 5.11 Å². The fourth-order valence-corrected chi connectivity index (χ4v) is 3.75. The Morgan fingerprint density at radius 1 is 1.21 bits per heavy atom. The lowest BCUT2D eigenvalue weighted by Crippen LogP contribution is -2.12. The highest BCUT2D eigenvalue weighted by Gasteiger charge is 2.49. The first-order valence-electron chi connectivity index (χ1n) is 9.09. The summed E-state index contributed by atoms with van der Waals surface area (Å²) in [6, 6.07) is 10.6. The van der Waals surface area contributed by atoms with Crippen molar-refractivity contribution >= 4 is 0 Å². The first-order valence-corrected chi connectivity index (χ1v) is 9.09. The summed E-state index contributed by atoms with van der Waals surface area (Å²) in [4.78, 5) is 4.97. The van der Waals surface area contributed by atoms with Crippen molar-refractivity contribution in [3.8, 4) is 0 Å². The highest BCUT2D eigenvalue weighted by Crippen LogP contribution is 2.52. The van der Waals surface area contributed by atoms with Crippen molar-refractivity contribution in [2.24, 2.45) is 5.92 Å². The normalized spacial score (nSPS) is 21.3. The second-order valence-corrected chi connectivity index (χ2v) is 7.07. The minimum atomic E-state index is 0.0198. The quantitative estimate of drug-likeness (QED) is 0.796. The van der Waals surface area contributed by atoms with Gasteiger partial charge in [-0.2, -0.15) is 5.10 Å². The summed E-state index contributed by atoms with van der Waals surface area (Å²) in [5.41, 5.74) is 1.35. The van der Waals surface area contributed by atoms with Crippen LogP contribution in [0.2, 0.25) is 0 Å². The Morgan fingerprint density at radius 3 is 2.71 bits per heavy atom. The Kier molecular flexibility index (Phi) is 4.23. The zero-order valence-electron chi connectivity index (χ0n) is 14.1. The van der Waals surface area contributed by atoms with E-state index in [0.717, 1.165) is 43.9 Å². The Labute approximate surface area is 143 Å². The van der Waals surface area contributed by atoms with E-state index in [-0.39, 0.29) is 12.0 Å². The lowest BCUT2D eigenvalue weighted by molar-refractivity contribution is 0.275. The molecule has 1 saturated carbocycles. The number of rotatable bonds is 7. The molecule has 1 aromatic heterocycles. The summed E-state index contributed by atoms with van der Waals surface area (Å²) in [6.07, 6.45) is 10.9. The number of aryl methyl sites for hydroxylation is 1. The lowest BCUT2D eigenvalue weighted by Gasteiger charge is -2.11. The second kappa shape index (κ2) is 6.52. The van der Waals surface area contributed by atoms with Crippen molar-refractivity contribution in [1.82, 2.24) is 14.8 Å². The minimum Gasteiger partial charge on any atom is -0.396 e. The lowest BCUT2D eigenvalue weighted by atomic mass is 9.95. The molecule has 0 aliphatic heterocycles. The molecule has 2 aliphatic rings. The Balaban J connectivity index is 1.63. The Morgan fingerprint density at radius 2 is 2.04 bits per heavy atom. The van der Waals surface area contributed by atoms with Crippen LogP contribution in [-0.2, 0) is 18.4 Å². The maximum absolute atomic E-state index is 9.19. The molecule has 1 unspecified atom stereocenters. The number of hydrogen-bond donors (Lipinski definition) is 1. The number of benzene rings is 1. The molecule has 0 saturated heterocycles. The Bertz CT molecular complexity index is 716. The predicted octanol–water partition coefficient (Wildman–Crippen LogP) is 3.25. The van der Waals surface area contributed by atoms with Gasteiger partial charge in [-0.3, -0.25) is 0 Å². The van der Waals surface area contributed by atoms with E-state index in [9.17, 15) is 5.11 Å². The summed E-state index contributed by atoms with van der Waals surface area (Å²) in [6.45, 7) is 0.946. The van der Waals surface area contributed by atoms with Crippen LogP contribution in [-0.4, -0.2) is 26.5 Å². The molecule has 1 N–H and O–H groups in total. The van der Waals surface area contributed by atoms with E-state index in [2.05, 4.69) is 42.5 Å². The zero-order chi connectivity index (χ0) is 16.4. The summed E-state index contributed by atoms with van der Waals surface area (Å²) >= 11 is 0. The third-order valence-corrected chi connectivity index (χ3v) is 5.34. The van der Waals surface area contributed by atoms with Gasteiger partial charge in [-0.05, 0) is 43.6 Å². The zero-order valence-corrected chi connectivity index (χ0v) is 14.1. The van der Waals surface area contributed by atoms with E-state index in [4.69, 9.17) is 10.1 Å². The highest BCUT2D eigenvalue weighted by atomic mass is 16.3. The summed E-state index contributed by atoms with van der Waals surface area (Å²) < 4.78 is 2.04. The van der Waals surface area contributed by atoms with Crippen LogP contribution < -0.4 is 0 Å². The maximum atomic E-state index is 9.19. The first kappa shape index (κ1) is 15.6. The fraction of sp³-hybridized carbons (Fsp3) is 0.500. The second-order valence-electron chi connectivity index (χ2n) is 7.07. The van der Waals surface area contributed by atoms with Gasteiger partial charge < -0.3 is 5.11 Å². The summed E-state index contributed by atoms with van der Waals surface area (Å²) in [7, 11) is 0. The average molecular weight is 323 g/mol. The molecule has 2 aromatic rings. The third kappa shape index (κ3) is 2.91. The van der Waals surface area contributed by atoms with Gasteiger partial charge in [0, 0.05) is 19.6 Å². The summed E-state index contributed by atoms with van der Waals surface area (Å²) in [5, 5.41) is 14.1. The standard InChI is InChI=1S/C20H25N3O/c24-14-6-13-23-18(15-16-7-4-5-8-16)21-19(22-23)20(11-12-20)17-9-2-1-3-10-17/h1-4,7,9-10,16,24H,5-6,8,11-15H2. The monoisotopic (exact) mass is 323 g/mol. The van der Waals surface area contributed by atoms with Gasteiger partial charge in [0.1, 0.15) is 5.82 Å². The van der Waals surface area contributed by atoms with Gasteiger partial charge in [-0.1, -0.05) is 42.5 Å². The highest BCUT2D eigenvalue weighted by molar-refractivity contribution is 5.39. The molecule has 4 rings (SSSR count). The van der Waals surface area contributed by atoms with Crippen LogP contribution in [0, 0.1) is 5.92 Å². The molecular weight excluding hydrogens is 298 g/mol. The van der Waals surface area contributed by atoms with Gasteiger partial charge in [-0.25, -0.2) is 9.67 Å². The SMILES string of the molecule is OCCCn1nc(C2(c3ccccc3)CC2)nc1CC1C=CCC1. The van der Waals surface area contributed by atoms with Crippen LogP contribution in [0.5, 0.6) is 0 Å². The number of aliphatic hydroxyl groups excluding tert-OH is 1. The van der Waals surface area contributed by atoms with Crippen molar-refractivity contribution in [3.63, 3.8) is 0 Å². The number of hydrogen-bond acceptors (Lipinski definition) is 3.